The van der Waals surface area contributed by atoms with Crippen LogP contribution in [-0.4, -0.2) is 53.5 Å². The Morgan fingerprint density at radius 3 is 2.54 bits per heavy atom. The largest absolute Gasteiger partial charge is 0.309 e. The third kappa shape index (κ3) is 2.45. The van der Waals surface area contributed by atoms with E-state index in [1.807, 2.05) is 36.1 Å². The Morgan fingerprint density at radius 2 is 1.82 bits per heavy atom. The Balaban J connectivity index is 1.63. The zero-order valence-electron chi connectivity index (χ0n) is 16.0. The Labute approximate surface area is 169 Å². The lowest BCUT2D eigenvalue weighted by Crippen LogP contribution is -2.49. The Kier molecular flexibility index (Phi) is 3.89. The summed E-state index contributed by atoms with van der Waals surface area (Å²) in [5, 5.41) is 14.2. The number of benzene rings is 2. The number of nitrogens with zero attached hydrogens (tertiary/aromatic N) is 5. The van der Waals surface area contributed by atoms with Crippen molar-refractivity contribution in [1.29, 1.82) is 0 Å². The Morgan fingerprint density at radius 1 is 1.07 bits per heavy atom. The minimum Gasteiger partial charge on any atom is -0.309 e. The van der Waals surface area contributed by atoms with E-state index in [0.717, 1.165) is 41.6 Å². The summed E-state index contributed by atoms with van der Waals surface area (Å²) in [6.07, 6.45) is 1.80. The molecule has 2 N–H and O–H groups in total. The molecule has 0 amide bonds. The molecule has 0 saturated heterocycles. The van der Waals surface area contributed by atoms with Gasteiger partial charge in [0.1, 0.15) is 0 Å². The van der Waals surface area contributed by atoms with Crippen molar-refractivity contribution in [3.63, 3.8) is 0 Å². The highest BCUT2D eigenvalue weighted by Crippen LogP contribution is 2.46. The van der Waals surface area contributed by atoms with E-state index in [9.17, 15) is 0 Å². The number of rotatable bonds is 1. The number of fused-ring (bicyclic) bond motifs is 2. The Hall–Kier alpha value is -2.57. The van der Waals surface area contributed by atoms with Gasteiger partial charge in [-0.2, -0.15) is 5.10 Å². The van der Waals surface area contributed by atoms with Crippen LogP contribution in [0.5, 0.6) is 0 Å². The number of aryl methyl sites for hydroxylation is 1. The molecule has 2 aromatic carbocycles. The predicted octanol–water partition coefficient (Wildman–Crippen LogP) is 2.63. The van der Waals surface area contributed by atoms with Gasteiger partial charge in [0, 0.05) is 19.1 Å². The summed E-state index contributed by atoms with van der Waals surface area (Å²) >= 11 is 6.14. The van der Waals surface area contributed by atoms with Gasteiger partial charge in [0.15, 0.2) is 6.29 Å². The molecular formula is C21H23ClN6. The summed E-state index contributed by atoms with van der Waals surface area (Å²) in [5.74, 6) is 0.780. The zero-order chi connectivity index (χ0) is 19.5. The lowest BCUT2D eigenvalue weighted by atomic mass is 9.75. The lowest BCUT2D eigenvalue weighted by molar-refractivity contribution is 0.181. The van der Waals surface area contributed by atoms with Crippen molar-refractivity contribution in [2.45, 2.75) is 24.5 Å². The molecule has 3 aliphatic rings. The minimum atomic E-state index is -0.281. The first-order chi connectivity index (χ1) is 13.5. The number of hydrogen-bond acceptors (Lipinski definition) is 6. The summed E-state index contributed by atoms with van der Waals surface area (Å²) in [5.41, 5.74) is 11.0. The third-order valence-electron chi connectivity index (χ3n) is 6.14. The summed E-state index contributed by atoms with van der Waals surface area (Å²) in [4.78, 5) is 1.96. The molecule has 28 heavy (non-hydrogen) atoms. The van der Waals surface area contributed by atoms with Crippen molar-refractivity contribution in [2.24, 2.45) is 15.9 Å². The number of hydrogen-bond donors (Lipinski definition) is 1. The summed E-state index contributed by atoms with van der Waals surface area (Å²) < 4.78 is 0. The standard InChI is InChI=1S/C21H23ClN6/c1-26-19(23)27(2)25-20(26)28-13-21(12-11-14-5-3-4-6-17(14)21)18(24-28)15-7-9-16(22)10-8-15/h3-10,19H,11-13,23H2,1-2H3/t19?,21-/m1/s1. The molecule has 1 aliphatic carbocycles. The molecule has 5 rings (SSSR count). The molecule has 7 heteroatoms. The maximum atomic E-state index is 6.21. The second-order valence-electron chi connectivity index (χ2n) is 7.75. The van der Waals surface area contributed by atoms with E-state index in [4.69, 9.17) is 22.4 Å². The summed E-state index contributed by atoms with van der Waals surface area (Å²) in [6, 6.07) is 16.7. The van der Waals surface area contributed by atoms with Crippen LogP contribution in [0.2, 0.25) is 5.02 Å². The van der Waals surface area contributed by atoms with Crippen LogP contribution in [0.4, 0.5) is 0 Å². The monoisotopic (exact) mass is 394 g/mol. The van der Waals surface area contributed by atoms with Crippen LogP contribution in [0.25, 0.3) is 0 Å². The van der Waals surface area contributed by atoms with E-state index in [0.29, 0.717) is 0 Å². The van der Waals surface area contributed by atoms with Gasteiger partial charge in [-0.1, -0.05) is 48.0 Å². The topological polar surface area (TPSA) is 60.5 Å². The Bertz CT molecular complexity index is 985. The van der Waals surface area contributed by atoms with Crippen molar-refractivity contribution in [1.82, 2.24) is 14.9 Å². The van der Waals surface area contributed by atoms with Crippen molar-refractivity contribution in [2.75, 3.05) is 20.6 Å². The van der Waals surface area contributed by atoms with Crippen molar-refractivity contribution >= 4 is 23.3 Å². The van der Waals surface area contributed by atoms with Crippen molar-refractivity contribution in [3.05, 3.63) is 70.2 Å². The first kappa shape index (κ1) is 17.5. The van der Waals surface area contributed by atoms with Crippen molar-refractivity contribution in [3.8, 4) is 0 Å². The molecule has 2 atom stereocenters. The first-order valence-electron chi connectivity index (χ1n) is 9.50. The number of nitrogens with two attached hydrogens (primary N) is 1. The van der Waals surface area contributed by atoms with Crippen LogP contribution in [0, 0.1) is 0 Å². The highest BCUT2D eigenvalue weighted by atomic mass is 35.5. The van der Waals surface area contributed by atoms with E-state index in [2.05, 4.69) is 41.5 Å². The summed E-state index contributed by atoms with van der Waals surface area (Å²) in [6.45, 7) is 0.756. The zero-order valence-corrected chi connectivity index (χ0v) is 16.8. The van der Waals surface area contributed by atoms with Crippen LogP contribution in [0.1, 0.15) is 23.1 Å². The van der Waals surface area contributed by atoms with Gasteiger partial charge in [0.2, 0.25) is 5.96 Å². The maximum Gasteiger partial charge on any atom is 0.242 e. The molecule has 2 aromatic rings. The quantitative estimate of drug-likeness (QED) is 0.807. The number of hydrazone groups is 2. The summed E-state index contributed by atoms with van der Waals surface area (Å²) in [7, 11) is 3.84. The van der Waals surface area contributed by atoms with Gasteiger partial charge in [0.05, 0.1) is 17.7 Å². The predicted molar refractivity (Wildman–Crippen MR) is 112 cm³/mol. The second kappa shape index (κ2) is 6.22. The normalized spacial score (nSPS) is 26.1. The average Bonchev–Trinajstić information content (AvgIpc) is 3.35. The van der Waals surface area contributed by atoms with Gasteiger partial charge in [0.25, 0.3) is 0 Å². The molecule has 0 saturated carbocycles. The molecule has 0 fully saturated rings. The highest BCUT2D eigenvalue weighted by Gasteiger charge is 2.50. The van der Waals surface area contributed by atoms with Crippen LogP contribution >= 0.6 is 11.6 Å². The maximum absolute atomic E-state index is 6.21. The molecular weight excluding hydrogens is 372 g/mol. The van der Waals surface area contributed by atoms with Crippen LogP contribution < -0.4 is 5.73 Å². The minimum absolute atomic E-state index is 0.154. The van der Waals surface area contributed by atoms with Crippen LogP contribution in [0.3, 0.4) is 0 Å². The van der Waals surface area contributed by atoms with E-state index in [-0.39, 0.29) is 11.7 Å². The molecule has 2 heterocycles. The average molecular weight is 395 g/mol. The van der Waals surface area contributed by atoms with Crippen LogP contribution in [-0.2, 0) is 11.8 Å². The molecule has 6 nitrogen and oxygen atoms in total. The number of guanidine groups is 1. The van der Waals surface area contributed by atoms with Gasteiger partial charge in [-0.15, -0.1) is 5.10 Å². The van der Waals surface area contributed by atoms with Crippen molar-refractivity contribution < 1.29 is 0 Å². The first-order valence-corrected chi connectivity index (χ1v) is 9.88. The molecule has 0 radical (unpaired) electrons. The SMILES string of the molecule is CN1N=C(N2C[C@@]3(CCc4ccccc43)C(c3ccc(Cl)cc3)=N2)N(C)C1N. The number of halogens is 1. The van der Waals surface area contributed by atoms with Gasteiger partial charge in [-0.05, 0) is 41.7 Å². The van der Waals surface area contributed by atoms with Gasteiger partial charge < -0.3 is 4.90 Å². The fourth-order valence-corrected chi connectivity index (χ4v) is 4.74. The van der Waals surface area contributed by atoms with Crippen LogP contribution in [0.15, 0.2) is 58.7 Å². The second-order valence-corrected chi connectivity index (χ2v) is 8.19. The molecule has 1 spiro atoms. The smallest absolute Gasteiger partial charge is 0.242 e. The fraction of sp³-hybridized carbons (Fsp3) is 0.333. The van der Waals surface area contributed by atoms with Gasteiger partial charge in [-0.3, -0.25) is 10.7 Å². The fourth-order valence-electron chi connectivity index (χ4n) is 4.61. The molecule has 2 aliphatic heterocycles. The molecule has 0 bridgehead atoms. The molecule has 1 unspecified atom stereocenters. The van der Waals surface area contributed by atoms with E-state index in [1.165, 1.54) is 11.1 Å². The highest BCUT2D eigenvalue weighted by molar-refractivity contribution is 6.30. The molecule has 0 aromatic heterocycles. The lowest BCUT2D eigenvalue weighted by Gasteiger charge is -2.29. The van der Waals surface area contributed by atoms with E-state index < -0.39 is 0 Å². The van der Waals surface area contributed by atoms with E-state index in [1.54, 1.807) is 5.01 Å². The molecule has 144 valence electrons. The van der Waals surface area contributed by atoms with E-state index >= 15 is 0 Å². The van der Waals surface area contributed by atoms with Gasteiger partial charge in [-0.25, -0.2) is 5.01 Å². The van der Waals surface area contributed by atoms with Gasteiger partial charge >= 0.3 is 0 Å². The third-order valence-corrected chi connectivity index (χ3v) is 6.39.